The van der Waals surface area contributed by atoms with Crippen LogP contribution in [0, 0.1) is 0 Å². The molecule has 3 aliphatic rings. The van der Waals surface area contributed by atoms with E-state index in [-0.39, 0.29) is 108 Å². The van der Waals surface area contributed by atoms with Gasteiger partial charge in [0.1, 0.15) is 72.2 Å². The third-order valence-corrected chi connectivity index (χ3v) is 19.1. The SMILES string of the molecule is NCC(=O)N[C@H]1CSSC[C@@H]2NC(=O)[C@H](CCCN=C(N)N)NC(=O)[C@@H]3CCCN3C(=O)[C@H](CC(=O)O)NC(=O)[C@H](CO)NC(=O)[C@H](CSSC[C@@H](C(=O)O)NC(=O)[C@H](CCCN=C(N)N)NC(=O)[C@H](Cc3ccc(O)cc3)NC(=O)[C@H](CCCN=C(N)N)NC2=O)NC1=O. The molecule has 11 atom stereocenters. The van der Waals surface area contributed by atoms with Crippen LogP contribution in [-0.4, -0.2) is 249 Å². The zero-order chi connectivity index (χ0) is 70.3. The van der Waals surface area contributed by atoms with Crippen LogP contribution in [0.5, 0.6) is 5.75 Å². The number of benzene rings is 1. The van der Waals surface area contributed by atoms with Crippen LogP contribution < -0.4 is 93.3 Å². The lowest BCUT2D eigenvalue weighted by Crippen LogP contribution is -2.61. The number of carboxylic acids is 2. The molecular weight excluding hydrogens is 1330 g/mol. The number of guanidine groups is 3. The number of phenolic OH excluding ortho intramolecular Hbond substituents is 1. The maximum atomic E-state index is 15.0. The molecule has 2 bridgehead atoms. The Morgan fingerprint density at radius 1 is 0.537 bits per heavy atom. The molecule has 28 N–H and O–H groups in total. The van der Waals surface area contributed by atoms with E-state index < -0.39 is 186 Å². The number of carbonyl (C=O) groups excluding carboxylic acids is 11. The maximum absolute atomic E-state index is 15.0. The number of nitrogens with two attached hydrogens (primary N) is 7. The number of amides is 11. The van der Waals surface area contributed by atoms with E-state index in [1.165, 1.54) is 24.3 Å². The van der Waals surface area contributed by atoms with Crippen molar-refractivity contribution in [3.8, 4) is 5.75 Å². The number of aliphatic imine (C=N–C) groups is 3. The summed E-state index contributed by atoms with van der Waals surface area (Å²) in [4.78, 5) is 196. The number of aromatic hydroxyl groups is 1. The van der Waals surface area contributed by atoms with Gasteiger partial charge in [0.05, 0.1) is 19.6 Å². The number of aliphatic carboxylic acids is 2. The van der Waals surface area contributed by atoms with E-state index in [1.807, 2.05) is 0 Å². The average molecular weight is 1410 g/mol. The molecule has 3 aliphatic heterocycles. The molecule has 1 aromatic carbocycles. The first kappa shape index (κ1) is 78.7. The van der Waals surface area contributed by atoms with Gasteiger partial charge in [-0.15, -0.1) is 0 Å². The first-order valence-corrected chi connectivity index (χ1v) is 34.6. The van der Waals surface area contributed by atoms with Crippen LogP contribution in [0.3, 0.4) is 0 Å². The molecule has 526 valence electrons. The number of nitrogens with zero attached hydrogens (tertiary/aromatic N) is 4. The van der Waals surface area contributed by atoms with Crippen LogP contribution in [0.25, 0.3) is 0 Å². The molecule has 38 nitrogen and oxygen atoms in total. The van der Waals surface area contributed by atoms with Crippen LogP contribution in [0.1, 0.15) is 63.4 Å². The molecule has 11 amide bonds. The number of hydrogen-bond acceptors (Lipinski definition) is 23. The smallest absolute Gasteiger partial charge is 0.327 e. The number of nitrogens with one attached hydrogen (secondary N) is 10. The topological polar surface area (TPSA) is 646 Å². The minimum atomic E-state index is -1.98. The van der Waals surface area contributed by atoms with E-state index in [0.717, 1.165) is 48.1 Å². The van der Waals surface area contributed by atoms with Crippen LogP contribution in [0.4, 0.5) is 0 Å². The van der Waals surface area contributed by atoms with Crippen molar-refractivity contribution in [2.75, 3.05) is 62.3 Å². The third kappa shape index (κ3) is 27.6. The average Bonchev–Trinajstić information content (AvgIpc) is 1.77. The lowest BCUT2D eigenvalue weighted by atomic mass is 10.0. The predicted octanol–water partition coefficient (Wildman–Crippen LogP) is -8.77. The highest BCUT2D eigenvalue weighted by Gasteiger charge is 2.42. The number of rotatable bonds is 20. The second kappa shape index (κ2) is 40.5. The number of hydrogen-bond donors (Lipinski definition) is 21. The van der Waals surface area contributed by atoms with E-state index >= 15 is 0 Å². The van der Waals surface area contributed by atoms with Crippen molar-refractivity contribution < 1.29 is 82.8 Å². The van der Waals surface area contributed by atoms with E-state index in [2.05, 4.69) is 68.1 Å². The summed E-state index contributed by atoms with van der Waals surface area (Å²) in [7, 11) is 3.18. The molecule has 4 rings (SSSR count). The molecule has 0 saturated carbocycles. The maximum Gasteiger partial charge on any atom is 0.327 e. The van der Waals surface area contributed by atoms with Crippen molar-refractivity contribution in [3.63, 3.8) is 0 Å². The Morgan fingerprint density at radius 2 is 0.968 bits per heavy atom. The van der Waals surface area contributed by atoms with Gasteiger partial charge in [-0.25, -0.2) is 4.79 Å². The minimum Gasteiger partial charge on any atom is -0.508 e. The number of aliphatic hydroxyl groups is 1. The summed E-state index contributed by atoms with van der Waals surface area (Å²) in [6.45, 7) is -2.31. The van der Waals surface area contributed by atoms with E-state index in [9.17, 15) is 82.8 Å². The molecule has 3 fully saturated rings. The Bertz CT molecular complexity index is 2980. The molecular formula is C53H83N21O17S4. The van der Waals surface area contributed by atoms with Crippen molar-refractivity contribution in [2.45, 2.75) is 131 Å². The van der Waals surface area contributed by atoms with Gasteiger partial charge in [0.25, 0.3) is 0 Å². The normalized spacial score (nSPS) is 25.3. The summed E-state index contributed by atoms with van der Waals surface area (Å²) < 4.78 is 0. The van der Waals surface area contributed by atoms with Gasteiger partial charge in [0.2, 0.25) is 65.0 Å². The number of carbonyl (C=O) groups is 13. The monoisotopic (exact) mass is 1410 g/mol. The fourth-order valence-electron chi connectivity index (χ4n) is 9.35. The predicted molar refractivity (Wildman–Crippen MR) is 351 cm³/mol. The molecule has 0 aliphatic carbocycles. The summed E-state index contributed by atoms with van der Waals surface area (Å²) >= 11 is 0. The Hall–Kier alpha value is -8.74. The largest absolute Gasteiger partial charge is 0.508 e. The van der Waals surface area contributed by atoms with Crippen molar-refractivity contribution in [1.82, 2.24) is 58.1 Å². The molecule has 3 heterocycles. The summed E-state index contributed by atoms with van der Waals surface area (Å²) in [5.74, 6) is -17.9. The second-order valence-corrected chi connectivity index (χ2v) is 26.6. The standard InChI is InChI=1S/C53H83N21O17S4/c54-19-38(77)64-33-21-92-93-22-34-46(86)66-27(5-1-13-61-51(55)56)40(80)68-30(17-25-9-11-26(76)12-10-25)43(83)65-28(6-2-14-62-52(57)58)42(82)73-36(50(90)91)24-95-94-23-35(72-45(33)85)47(87)70-32(20-75)44(84)69-31(18-39(78)79)49(89)74-16-4-8-37(74)48(88)67-29(41(81)71-34)7-3-15-63-53(59)60/h9-12,27-37,75-76H,1-8,13-24,54H2,(H,64,77)(H,65,83)(H,66,86)(H,67,88)(H,68,80)(H,69,84)(H,70,87)(H,71,81)(H,72,85)(H,73,82)(H,78,79)(H,90,91)(H4,55,56,61)(H4,57,58,62)(H4,59,60,63)/t27-,28-,29-,30-,31-,32-,33-,34-,35-,36-,37-/m0/s1. The van der Waals surface area contributed by atoms with E-state index in [1.54, 1.807) is 0 Å². The first-order chi connectivity index (χ1) is 45.1. The minimum absolute atomic E-state index is 0.000157. The fraction of sp³-hybridized carbons (Fsp3) is 0.585. The van der Waals surface area contributed by atoms with E-state index in [0.29, 0.717) is 5.56 Å². The van der Waals surface area contributed by atoms with E-state index in [4.69, 9.17) is 40.1 Å². The molecule has 0 unspecified atom stereocenters. The van der Waals surface area contributed by atoms with Crippen LogP contribution in [-0.2, 0) is 68.7 Å². The van der Waals surface area contributed by atoms with Gasteiger partial charge in [0, 0.05) is 55.6 Å². The lowest BCUT2D eigenvalue weighted by molar-refractivity contribution is -0.146. The molecule has 0 radical (unpaired) electrons. The van der Waals surface area contributed by atoms with Gasteiger partial charge in [-0.2, -0.15) is 0 Å². The fourth-order valence-corrected chi connectivity index (χ4v) is 14.0. The highest BCUT2D eigenvalue weighted by atomic mass is 33.1. The molecule has 42 heteroatoms. The Balaban J connectivity index is 2.00. The van der Waals surface area contributed by atoms with Crippen LogP contribution >= 0.6 is 43.2 Å². The summed E-state index contributed by atoms with van der Waals surface area (Å²) in [5, 5.41) is 65.8. The highest BCUT2D eigenvalue weighted by molar-refractivity contribution is 8.77. The van der Waals surface area contributed by atoms with Crippen molar-refractivity contribution in [1.29, 1.82) is 0 Å². The summed E-state index contributed by atoms with van der Waals surface area (Å²) in [6, 6.07) is -13.1. The van der Waals surface area contributed by atoms with Crippen molar-refractivity contribution in [3.05, 3.63) is 29.8 Å². The zero-order valence-corrected chi connectivity index (χ0v) is 54.6. The summed E-state index contributed by atoms with van der Waals surface area (Å²) in [5.41, 5.74) is 39.4. The van der Waals surface area contributed by atoms with Gasteiger partial charge in [-0.1, -0.05) is 55.3 Å². The van der Waals surface area contributed by atoms with Crippen LogP contribution in [0.15, 0.2) is 39.2 Å². The molecule has 0 spiro atoms. The number of aliphatic hydroxyl groups excluding tert-OH is 1. The first-order valence-electron chi connectivity index (χ1n) is 29.6. The van der Waals surface area contributed by atoms with Gasteiger partial charge in [0.15, 0.2) is 17.9 Å². The second-order valence-electron chi connectivity index (χ2n) is 21.5. The molecule has 0 aromatic heterocycles. The van der Waals surface area contributed by atoms with Gasteiger partial charge in [-0.05, 0) is 69.1 Å². The van der Waals surface area contributed by atoms with Gasteiger partial charge >= 0.3 is 11.9 Å². The number of carboxylic acid groups (broad SMARTS) is 2. The van der Waals surface area contributed by atoms with Gasteiger partial charge in [-0.3, -0.25) is 72.5 Å². The van der Waals surface area contributed by atoms with Gasteiger partial charge < -0.3 is 119 Å². The third-order valence-electron chi connectivity index (χ3n) is 14.2. The highest BCUT2D eigenvalue weighted by Crippen LogP contribution is 2.26. The Kier molecular flexibility index (Phi) is 33.5. The molecule has 1 aromatic rings. The summed E-state index contributed by atoms with van der Waals surface area (Å²) in [6.07, 6.45) is -2.11. The quantitative estimate of drug-likeness (QED) is 0.0249. The van der Waals surface area contributed by atoms with Crippen molar-refractivity contribution >= 4 is 138 Å². The molecule has 95 heavy (non-hydrogen) atoms. The number of phenols is 1. The van der Waals surface area contributed by atoms with Crippen LogP contribution in [0.2, 0.25) is 0 Å². The molecule has 3 saturated heterocycles. The zero-order valence-electron chi connectivity index (χ0n) is 51.4. The van der Waals surface area contributed by atoms with Crippen molar-refractivity contribution in [2.24, 2.45) is 55.1 Å². The lowest BCUT2D eigenvalue weighted by Gasteiger charge is -2.30. The Morgan fingerprint density at radius 3 is 1.47 bits per heavy atom. The number of fused-ring (bicyclic) bond motifs is 9. The Labute approximate surface area is 559 Å².